The molecule has 1 aromatic carbocycles. The maximum Gasteiger partial charge on any atom is 0.412 e. The van der Waals surface area contributed by atoms with Crippen molar-refractivity contribution in [1.29, 1.82) is 0 Å². The molecule has 25 heavy (non-hydrogen) atoms. The molecule has 0 aliphatic rings. The summed E-state index contributed by atoms with van der Waals surface area (Å²) in [6, 6.07) is 6.86. The molecule has 1 amide bonds. The molecule has 0 radical (unpaired) electrons. The van der Waals surface area contributed by atoms with E-state index in [1.54, 1.807) is 31.2 Å². The fourth-order valence-electron chi connectivity index (χ4n) is 1.90. The normalized spacial score (nSPS) is 11.4. The van der Waals surface area contributed by atoms with Gasteiger partial charge in [-0.3, -0.25) is 4.79 Å². The van der Waals surface area contributed by atoms with Crippen molar-refractivity contribution in [3.05, 3.63) is 29.8 Å². The molecule has 1 unspecified atom stereocenters. The third-order valence-corrected chi connectivity index (χ3v) is 3.02. The maximum atomic E-state index is 11.5. The number of hydrogen-bond donors (Lipinski definition) is 1. The Bertz CT molecular complexity index is 540. The van der Waals surface area contributed by atoms with Crippen LogP contribution in [0.15, 0.2) is 24.3 Å². The molecule has 0 bridgehead atoms. The summed E-state index contributed by atoms with van der Waals surface area (Å²) < 4.78 is 16.1. The fraction of sp³-hybridized carbons (Fsp3) is 0.529. The monoisotopic (exact) mass is 374 g/mol. The van der Waals surface area contributed by atoms with Gasteiger partial charge in [0.05, 0.1) is 13.2 Å². The summed E-state index contributed by atoms with van der Waals surface area (Å²) in [6.45, 7) is 5.17. The molecule has 8 heteroatoms. The van der Waals surface area contributed by atoms with E-state index in [0.29, 0.717) is 24.5 Å². The van der Waals surface area contributed by atoms with Gasteiger partial charge in [0.1, 0.15) is 5.75 Å². The van der Waals surface area contributed by atoms with Gasteiger partial charge >= 0.3 is 12.1 Å². The predicted molar refractivity (Wildman–Crippen MR) is 97.3 cm³/mol. The number of esters is 1. The largest absolute Gasteiger partial charge is 0.455 e. The third kappa shape index (κ3) is 9.91. The van der Waals surface area contributed by atoms with Gasteiger partial charge < -0.3 is 24.4 Å². The lowest BCUT2D eigenvalue weighted by atomic mass is 10.1. The summed E-state index contributed by atoms with van der Waals surface area (Å²) in [6.07, 6.45) is -1.08. The van der Waals surface area contributed by atoms with E-state index in [1.165, 1.54) is 6.92 Å². The zero-order valence-corrected chi connectivity index (χ0v) is 15.9. The van der Waals surface area contributed by atoms with Crippen LogP contribution in [0.3, 0.4) is 0 Å². The van der Waals surface area contributed by atoms with Crippen molar-refractivity contribution in [2.45, 2.75) is 20.0 Å². The number of hydrogen-bond acceptors (Lipinski definition) is 6. The number of likely N-dealkylation sites (N-methyl/N-ethyl adjacent to an activating group) is 1. The van der Waals surface area contributed by atoms with Crippen molar-refractivity contribution in [3.8, 4) is 5.75 Å². The standard InChI is InChI=1S/C17H26N2O5.ClH/c1-5-18-17(21)24-15-8-6-7-14(11-15)16(23-13(2)20)12-22-10-9-19(3)4;/h6-8,11,16H,5,9-10,12H2,1-4H3,(H,18,21);1H. The molecule has 0 aromatic heterocycles. The Hall–Kier alpha value is -1.83. The van der Waals surface area contributed by atoms with E-state index < -0.39 is 18.2 Å². The fourth-order valence-corrected chi connectivity index (χ4v) is 1.90. The Kier molecular flexibility index (Phi) is 11.6. The van der Waals surface area contributed by atoms with E-state index in [4.69, 9.17) is 14.2 Å². The summed E-state index contributed by atoms with van der Waals surface area (Å²) in [5.41, 5.74) is 0.705. The van der Waals surface area contributed by atoms with E-state index in [2.05, 4.69) is 5.32 Å². The number of halogens is 1. The Morgan fingerprint density at radius 1 is 1.28 bits per heavy atom. The van der Waals surface area contributed by atoms with Crippen molar-refractivity contribution in [3.63, 3.8) is 0 Å². The van der Waals surface area contributed by atoms with Crippen LogP contribution in [-0.2, 0) is 14.3 Å². The average Bonchev–Trinajstić information content (AvgIpc) is 2.50. The summed E-state index contributed by atoms with van der Waals surface area (Å²) in [4.78, 5) is 24.8. The van der Waals surface area contributed by atoms with Crippen LogP contribution in [0.25, 0.3) is 0 Å². The summed E-state index contributed by atoms with van der Waals surface area (Å²) in [5.74, 6) is -0.0184. The van der Waals surface area contributed by atoms with Gasteiger partial charge in [0.2, 0.25) is 0 Å². The van der Waals surface area contributed by atoms with Crippen LogP contribution < -0.4 is 10.1 Å². The van der Waals surface area contributed by atoms with Gasteiger partial charge in [-0.05, 0) is 38.7 Å². The van der Waals surface area contributed by atoms with Gasteiger partial charge in [0.15, 0.2) is 6.10 Å². The van der Waals surface area contributed by atoms with Gasteiger partial charge in [-0.25, -0.2) is 4.79 Å². The first-order valence-corrected chi connectivity index (χ1v) is 7.87. The van der Waals surface area contributed by atoms with Crippen LogP contribution >= 0.6 is 12.4 Å². The van der Waals surface area contributed by atoms with Gasteiger partial charge in [-0.1, -0.05) is 12.1 Å². The van der Waals surface area contributed by atoms with Crippen molar-refractivity contribution >= 4 is 24.5 Å². The first-order chi connectivity index (χ1) is 11.4. The molecule has 0 spiro atoms. The Morgan fingerprint density at radius 3 is 2.60 bits per heavy atom. The Labute approximate surface area is 155 Å². The Balaban J connectivity index is 0.00000576. The van der Waals surface area contributed by atoms with Gasteiger partial charge in [0, 0.05) is 20.0 Å². The zero-order valence-electron chi connectivity index (χ0n) is 15.1. The number of nitrogens with zero attached hydrogens (tertiary/aromatic N) is 1. The predicted octanol–water partition coefficient (Wildman–Crippen LogP) is 2.40. The van der Waals surface area contributed by atoms with Crippen LogP contribution in [0.1, 0.15) is 25.5 Å². The van der Waals surface area contributed by atoms with Crippen LogP contribution in [0.5, 0.6) is 5.75 Å². The van der Waals surface area contributed by atoms with Gasteiger partial charge in [0.25, 0.3) is 0 Å². The number of nitrogens with one attached hydrogen (secondary N) is 1. The molecule has 1 atom stereocenters. The minimum Gasteiger partial charge on any atom is -0.455 e. The van der Waals surface area contributed by atoms with Crippen LogP contribution in [0, 0.1) is 0 Å². The molecular weight excluding hydrogens is 348 g/mol. The lowest BCUT2D eigenvalue weighted by Crippen LogP contribution is -2.26. The quantitative estimate of drug-likeness (QED) is 0.528. The van der Waals surface area contributed by atoms with Crippen molar-refractivity contribution in [2.24, 2.45) is 0 Å². The zero-order chi connectivity index (χ0) is 17.9. The summed E-state index contributed by atoms with van der Waals surface area (Å²) in [5, 5.41) is 2.55. The van der Waals surface area contributed by atoms with E-state index in [1.807, 2.05) is 19.0 Å². The molecule has 0 saturated heterocycles. The lowest BCUT2D eigenvalue weighted by Gasteiger charge is -2.19. The second-order valence-electron chi connectivity index (χ2n) is 5.47. The highest BCUT2D eigenvalue weighted by atomic mass is 35.5. The SMILES string of the molecule is CCNC(=O)Oc1cccc(C(COCCN(C)C)OC(C)=O)c1.Cl. The lowest BCUT2D eigenvalue weighted by molar-refractivity contribution is -0.150. The molecule has 0 saturated carbocycles. The molecule has 7 nitrogen and oxygen atoms in total. The van der Waals surface area contributed by atoms with Crippen molar-refractivity contribution < 1.29 is 23.8 Å². The number of carbonyl (C=O) groups excluding carboxylic acids is 2. The van der Waals surface area contributed by atoms with E-state index in [-0.39, 0.29) is 19.0 Å². The number of benzene rings is 1. The first kappa shape index (κ1) is 23.2. The molecule has 1 rings (SSSR count). The molecule has 1 N–H and O–H groups in total. The molecular formula is C17H27ClN2O5. The molecule has 0 aliphatic carbocycles. The number of amides is 1. The first-order valence-electron chi connectivity index (χ1n) is 7.87. The molecule has 0 fully saturated rings. The maximum absolute atomic E-state index is 11.5. The van der Waals surface area contributed by atoms with Crippen molar-refractivity contribution in [2.75, 3.05) is 40.4 Å². The van der Waals surface area contributed by atoms with Crippen molar-refractivity contribution in [1.82, 2.24) is 10.2 Å². The minimum absolute atomic E-state index is 0. The highest BCUT2D eigenvalue weighted by molar-refractivity contribution is 5.85. The smallest absolute Gasteiger partial charge is 0.412 e. The molecule has 0 aliphatic heterocycles. The molecule has 0 heterocycles. The number of rotatable bonds is 9. The van der Waals surface area contributed by atoms with Crippen LogP contribution in [-0.4, -0.2) is 57.4 Å². The van der Waals surface area contributed by atoms with Crippen LogP contribution in [0.2, 0.25) is 0 Å². The topological polar surface area (TPSA) is 77.1 Å². The van der Waals surface area contributed by atoms with E-state index in [0.717, 1.165) is 6.54 Å². The highest BCUT2D eigenvalue weighted by Gasteiger charge is 2.16. The third-order valence-electron chi connectivity index (χ3n) is 3.02. The van der Waals surface area contributed by atoms with Gasteiger partial charge in [-0.2, -0.15) is 0 Å². The summed E-state index contributed by atoms with van der Waals surface area (Å²) >= 11 is 0. The highest BCUT2D eigenvalue weighted by Crippen LogP contribution is 2.23. The van der Waals surface area contributed by atoms with E-state index in [9.17, 15) is 9.59 Å². The second kappa shape index (κ2) is 12.5. The Morgan fingerprint density at radius 2 is 2.00 bits per heavy atom. The second-order valence-corrected chi connectivity index (χ2v) is 5.47. The van der Waals surface area contributed by atoms with E-state index >= 15 is 0 Å². The molecule has 142 valence electrons. The average molecular weight is 375 g/mol. The number of carbonyl (C=O) groups is 2. The summed E-state index contributed by atoms with van der Waals surface area (Å²) in [7, 11) is 3.91. The van der Waals surface area contributed by atoms with Gasteiger partial charge in [-0.15, -0.1) is 12.4 Å². The molecule has 1 aromatic rings. The minimum atomic E-state index is -0.553. The number of ether oxygens (including phenoxy) is 3. The van der Waals surface area contributed by atoms with Crippen LogP contribution in [0.4, 0.5) is 4.79 Å².